The van der Waals surface area contributed by atoms with Crippen LogP contribution in [-0.2, 0) is 11.2 Å². The Hall–Kier alpha value is -0.510. The second kappa shape index (κ2) is 10.6. The normalized spacial score (nSPS) is 10.6. The Labute approximate surface area is 108 Å². The van der Waals surface area contributed by atoms with Crippen LogP contribution in [-0.4, -0.2) is 36.4 Å². The van der Waals surface area contributed by atoms with Crippen molar-refractivity contribution in [3.05, 3.63) is 35.9 Å². The van der Waals surface area contributed by atoms with Crippen molar-refractivity contribution in [1.82, 2.24) is 0 Å². The van der Waals surface area contributed by atoms with Crippen LogP contribution in [0.25, 0.3) is 0 Å². The van der Waals surface area contributed by atoms with Crippen molar-refractivity contribution in [3.8, 4) is 0 Å². The number of aliphatic hydroxyl groups excluding tert-OH is 1. The summed E-state index contributed by atoms with van der Waals surface area (Å²) in [5.74, 6) is 2.19. The highest BCUT2D eigenvalue weighted by atomic mass is 32.2. The average molecular weight is 254 g/mol. The Bertz CT molecular complexity index is 264. The molecule has 1 aromatic rings. The molecular weight excluding hydrogens is 232 g/mol. The number of thioether (sulfide) groups is 1. The van der Waals surface area contributed by atoms with Gasteiger partial charge in [0.05, 0.1) is 6.61 Å². The van der Waals surface area contributed by atoms with E-state index >= 15 is 0 Å². The van der Waals surface area contributed by atoms with Crippen LogP contribution in [0, 0.1) is 0 Å². The first kappa shape index (κ1) is 14.6. The van der Waals surface area contributed by atoms with E-state index < -0.39 is 0 Å². The zero-order valence-electron chi connectivity index (χ0n) is 10.3. The molecule has 1 N–H and O–H groups in total. The van der Waals surface area contributed by atoms with Gasteiger partial charge in [-0.25, -0.2) is 0 Å². The molecule has 0 aromatic heterocycles. The number of aliphatic hydroxyl groups is 1. The SMILES string of the molecule is OCCCSCCCOCCc1ccccc1. The third kappa shape index (κ3) is 8.25. The second-order valence-corrected chi connectivity index (χ2v) is 5.12. The predicted octanol–water partition coefficient (Wildman–Crippen LogP) is 2.75. The summed E-state index contributed by atoms with van der Waals surface area (Å²) in [7, 11) is 0. The van der Waals surface area contributed by atoms with E-state index in [-0.39, 0.29) is 0 Å². The fraction of sp³-hybridized carbons (Fsp3) is 0.571. The molecule has 96 valence electrons. The highest BCUT2D eigenvalue weighted by Crippen LogP contribution is 2.04. The maximum Gasteiger partial charge on any atom is 0.0506 e. The standard InChI is InChI=1S/C14H22O2S/c15-9-4-12-17-13-5-10-16-11-8-14-6-2-1-3-7-14/h1-3,6-7,15H,4-5,8-13H2. The van der Waals surface area contributed by atoms with Gasteiger partial charge in [0.15, 0.2) is 0 Å². The summed E-state index contributed by atoms with van der Waals surface area (Å²) in [6.07, 6.45) is 3.00. The first-order valence-corrected chi connectivity index (χ1v) is 7.39. The summed E-state index contributed by atoms with van der Waals surface area (Å²) in [5.41, 5.74) is 1.34. The number of benzene rings is 1. The molecule has 0 bridgehead atoms. The van der Waals surface area contributed by atoms with Gasteiger partial charge in [-0.1, -0.05) is 30.3 Å². The van der Waals surface area contributed by atoms with Gasteiger partial charge in [0.25, 0.3) is 0 Å². The third-order valence-corrected chi connectivity index (χ3v) is 3.56. The fourth-order valence-corrected chi connectivity index (χ4v) is 2.33. The maximum atomic E-state index is 8.61. The van der Waals surface area contributed by atoms with Crippen molar-refractivity contribution < 1.29 is 9.84 Å². The van der Waals surface area contributed by atoms with Gasteiger partial charge in [-0.05, 0) is 36.3 Å². The molecule has 17 heavy (non-hydrogen) atoms. The van der Waals surface area contributed by atoms with Crippen molar-refractivity contribution in [2.45, 2.75) is 19.3 Å². The number of ether oxygens (including phenoxy) is 1. The van der Waals surface area contributed by atoms with Crippen molar-refractivity contribution in [2.24, 2.45) is 0 Å². The van der Waals surface area contributed by atoms with E-state index in [2.05, 4.69) is 24.3 Å². The van der Waals surface area contributed by atoms with Gasteiger partial charge in [-0.2, -0.15) is 11.8 Å². The minimum Gasteiger partial charge on any atom is -0.396 e. The van der Waals surface area contributed by atoms with Gasteiger partial charge >= 0.3 is 0 Å². The first-order chi connectivity index (χ1) is 8.43. The molecule has 0 aliphatic rings. The Kier molecular flexibility index (Phi) is 9.10. The van der Waals surface area contributed by atoms with Crippen LogP contribution in [0.4, 0.5) is 0 Å². The minimum atomic E-state index is 0.306. The molecule has 0 fully saturated rings. The Morgan fingerprint density at radius 1 is 1.00 bits per heavy atom. The minimum absolute atomic E-state index is 0.306. The summed E-state index contributed by atoms with van der Waals surface area (Å²) in [4.78, 5) is 0. The maximum absolute atomic E-state index is 8.61. The van der Waals surface area contributed by atoms with E-state index in [1.807, 2.05) is 17.8 Å². The smallest absolute Gasteiger partial charge is 0.0506 e. The lowest BCUT2D eigenvalue weighted by Crippen LogP contribution is -2.01. The van der Waals surface area contributed by atoms with E-state index in [1.54, 1.807) is 0 Å². The van der Waals surface area contributed by atoms with Crippen LogP contribution in [0.15, 0.2) is 30.3 Å². The zero-order valence-corrected chi connectivity index (χ0v) is 11.1. The lowest BCUT2D eigenvalue weighted by Gasteiger charge is -2.04. The van der Waals surface area contributed by atoms with Gasteiger partial charge in [0.2, 0.25) is 0 Å². The number of rotatable bonds is 10. The lowest BCUT2D eigenvalue weighted by molar-refractivity contribution is 0.138. The Morgan fingerprint density at radius 2 is 1.76 bits per heavy atom. The topological polar surface area (TPSA) is 29.5 Å². The van der Waals surface area contributed by atoms with E-state index in [0.29, 0.717) is 6.61 Å². The molecule has 0 spiro atoms. The average Bonchev–Trinajstić information content (AvgIpc) is 2.38. The molecule has 0 heterocycles. The Balaban J connectivity index is 1.85. The quantitative estimate of drug-likeness (QED) is 0.651. The molecule has 0 amide bonds. The summed E-state index contributed by atoms with van der Waals surface area (Å²) in [6, 6.07) is 10.4. The predicted molar refractivity (Wildman–Crippen MR) is 74.6 cm³/mol. The molecule has 0 aliphatic heterocycles. The van der Waals surface area contributed by atoms with Crippen molar-refractivity contribution in [2.75, 3.05) is 31.3 Å². The van der Waals surface area contributed by atoms with Crippen LogP contribution in [0.1, 0.15) is 18.4 Å². The summed E-state index contributed by atoms with van der Waals surface area (Å²) in [5, 5.41) is 8.61. The highest BCUT2D eigenvalue weighted by molar-refractivity contribution is 7.99. The van der Waals surface area contributed by atoms with Gasteiger partial charge < -0.3 is 9.84 Å². The van der Waals surface area contributed by atoms with Crippen molar-refractivity contribution in [1.29, 1.82) is 0 Å². The molecule has 1 aromatic carbocycles. The summed E-state index contributed by atoms with van der Waals surface area (Å²) < 4.78 is 5.58. The van der Waals surface area contributed by atoms with E-state index in [0.717, 1.165) is 44.0 Å². The second-order valence-electron chi connectivity index (χ2n) is 3.89. The van der Waals surface area contributed by atoms with Crippen LogP contribution < -0.4 is 0 Å². The van der Waals surface area contributed by atoms with Gasteiger partial charge in [0, 0.05) is 13.2 Å². The fourth-order valence-electron chi connectivity index (χ4n) is 1.47. The third-order valence-electron chi connectivity index (χ3n) is 2.40. The lowest BCUT2D eigenvalue weighted by atomic mass is 10.2. The van der Waals surface area contributed by atoms with Crippen molar-refractivity contribution >= 4 is 11.8 Å². The Morgan fingerprint density at radius 3 is 2.53 bits per heavy atom. The molecule has 1 rings (SSSR count). The molecule has 3 heteroatoms. The van der Waals surface area contributed by atoms with E-state index in [1.165, 1.54) is 5.56 Å². The summed E-state index contributed by atoms with van der Waals surface area (Å²) >= 11 is 1.89. The van der Waals surface area contributed by atoms with Gasteiger partial charge in [-0.15, -0.1) is 0 Å². The zero-order chi connectivity index (χ0) is 12.2. The monoisotopic (exact) mass is 254 g/mol. The number of hydrogen-bond donors (Lipinski definition) is 1. The molecule has 0 radical (unpaired) electrons. The van der Waals surface area contributed by atoms with Crippen LogP contribution in [0.5, 0.6) is 0 Å². The largest absolute Gasteiger partial charge is 0.396 e. The van der Waals surface area contributed by atoms with E-state index in [9.17, 15) is 0 Å². The van der Waals surface area contributed by atoms with Gasteiger partial charge in [0.1, 0.15) is 0 Å². The molecule has 0 saturated heterocycles. The molecule has 2 nitrogen and oxygen atoms in total. The van der Waals surface area contributed by atoms with E-state index in [4.69, 9.17) is 9.84 Å². The van der Waals surface area contributed by atoms with Crippen LogP contribution in [0.2, 0.25) is 0 Å². The van der Waals surface area contributed by atoms with Crippen LogP contribution >= 0.6 is 11.8 Å². The molecule has 0 aliphatic carbocycles. The first-order valence-electron chi connectivity index (χ1n) is 6.24. The summed E-state index contributed by atoms with van der Waals surface area (Å²) in [6.45, 7) is 1.96. The molecular formula is C14H22O2S. The molecule has 0 saturated carbocycles. The highest BCUT2D eigenvalue weighted by Gasteiger charge is 1.93. The van der Waals surface area contributed by atoms with Crippen LogP contribution in [0.3, 0.4) is 0 Å². The molecule has 0 atom stereocenters. The van der Waals surface area contributed by atoms with Crippen molar-refractivity contribution in [3.63, 3.8) is 0 Å². The van der Waals surface area contributed by atoms with Gasteiger partial charge in [-0.3, -0.25) is 0 Å². The molecule has 0 unspecified atom stereocenters. The number of hydrogen-bond acceptors (Lipinski definition) is 3.